The Morgan fingerprint density at radius 1 is 0.966 bits per heavy atom. The zero-order valence-corrected chi connectivity index (χ0v) is 16.9. The number of nitrogens with one attached hydrogen (secondary N) is 2. The van der Waals surface area contributed by atoms with E-state index in [2.05, 4.69) is 46.6 Å². The molecule has 7 heteroatoms. The van der Waals surface area contributed by atoms with E-state index in [1.54, 1.807) is 25.3 Å². The Hall–Kier alpha value is -3.61. The molecule has 1 aromatic heterocycles. The highest BCUT2D eigenvalue weighted by molar-refractivity contribution is 6.03. The molecule has 29 heavy (non-hydrogen) atoms. The molecule has 1 heterocycles. The van der Waals surface area contributed by atoms with Gasteiger partial charge >= 0.3 is 0 Å². The van der Waals surface area contributed by atoms with Gasteiger partial charge in [0.25, 0.3) is 5.91 Å². The highest BCUT2D eigenvalue weighted by Gasteiger charge is 2.13. The van der Waals surface area contributed by atoms with Crippen molar-refractivity contribution in [3.05, 3.63) is 66.1 Å². The van der Waals surface area contributed by atoms with Crippen molar-refractivity contribution in [2.45, 2.75) is 19.8 Å². The number of benzene rings is 2. The molecule has 0 spiro atoms. The van der Waals surface area contributed by atoms with Gasteiger partial charge in [0.15, 0.2) is 0 Å². The molecular formula is C22H24N4O3. The van der Waals surface area contributed by atoms with Crippen LogP contribution in [0.5, 0.6) is 11.5 Å². The van der Waals surface area contributed by atoms with Crippen LogP contribution < -0.4 is 20.1 Å². The number of ether oxygens (including phenoxy) is 2. The topological polar surface area (TPSA) is 85.4 Å². The van der Waals surface area contributed by atoms with Gasteiger partial charge in [0, 0.05) is 11.8 Å². The number of amides is 1. The van der Waals surface area contributed by atoms with E-state index in [9.17, 15) is 4.79 Å². The van der Waals surface area contributed by atoms with Gasteiger partial charge in [-0.15, -0.1) is 0 Å². The average Bonchev–Trinajstić information content (AvgIpc) is 2.74. The summed E-state index contributed by atoms with van der Waals surface area (Å²) in [7, 11) is 3.09. The summed E-state index contributed by atoms with van der Waals surface area (Å²) in [6.07, 6.45) is 2.95. The van der Waals surface area contributed by atoms with E-state index in [1.807, 2.05) is 12.1 Å². The number of nitrogens with zero attached hydrogens (tertiary/aromatic N) is 2. The normalized spacial score (nSPS) is 10.5. The van der Waals surface area contributed by atoms with Crippen LogP contribution >= 0.6 is 0 Å². The number of methoxy groups -OCH3 is 2. The third-order valence-electron chi connectivity index (χ3n) is 4.39. The summed E-state index contributed by atoms with van der Waals surface area (Å²) in [6.45, 7) is 4.30. The highest BCUT2D eigenvalue weighted by atomic mass is 16.5. The van der Waals surface area contributed by atoms with Gasteiger partial charge in [0.1, 0.15) is 23.0 Å². The van der Waals surface area contributed by atoms with Crippen LogP contribution in [0.2, 0.25) is 0 Å². The molecular weight excluding hydrogens is 368 g/mol. The number of anilines is 3. The van der Waals surface area contributed by atoms with Crippen molar-refractivity contribution in [2.75, 3.05) is 24.9 Å². The van der Waals surface area contributed by atoms with Crippen LogP contribution in [0.1, 0.15) is 35.8 Å². The Bertz CT molecular complexity index is 970. The van der Waals surface area contributed by atoms with E-state index in [1.165, 1.54) is 25.1 Å². The monoisotopic (exact) mass is 392 g/mol. The Labute approximate surface area is 170 Å². The summed E-state index contributed by atoms with van der Waals surface area (Å²) in [6, 6.07) is 13.3. The molecule has 0 unspecified atom stereocenters. The lowest BCUT2D eigenvalue weighted by Gasteiger charge is -2.12. The van der Waals surface area contributed by atoms with Crippen molar-refractivity contribution < 1.29 is 14.3 Å². The number of hydrogen-bond donors (Lipinski definition) is 2. The smallest absolute Gasteiger partial charge is 0.275 e. The lowest BCUT2D eigenvalue weighted by atomic mass is 10.0. The first kappa shape index (κ1) is 20.1. The fourth-order valence-corrected chi connectivity index (χ4v) is 2.71. The molecule has 7 nitrogen and oxygen atoms in total. The fourth-order valence-electron chi connectivity index (χ4n) is 2.71. The van der Waals surface area contributed by atoms with Gasteiger partial charge in [-0.05, 0) is 35.7 Å². The molecule has 0 aliphatic rings. The van der Waals surface area contributed by atoms with E-state index in [0.717, 1.165) is 5.69 Å². The minimum Gasteiger partial charge on any atom is -0.497 e. The first-order valence-electron chi connectivity index (χ1n) is 9.22. The summed E-state index contributed by atoms with van der Waals surface area (Å²) >= 11 is 0. The van der Waals surface area contributed by atoms with E-state index in [0.29, 0.717) is 28.9 Å². The molecule has 0 saturated carbocycles. The van der Waals surface area contributed by atoms with Crippen molar-refractivity contribution in [1.29, 1.82) is 0 Å². The first-order chi connectivity index (χ1) is 14.0. The summed E-state index contributed by atoms with van der Waals surface area (Å²) in [5.41, 5.74) is 2.85. The molecule has 2 N–H and O–H groups in total. The van der Waals surface area contributed by atoms with Crippen molar-refractivity contribution in [2.24, 2.45) is 0 Å². The van der Waals surface area contributed by atoms with E-state index >= 15 is 0 Å². The van der Waals surface area contributed by atoms with Gasteiger partial charge in [-0.25, -0.2) is 9.97 Å². The molecule has 0 bridgehead atoms. The fraction of sp³-hybridized carbons (Fsp3) is 0.227. The molecule has 0 saturated heterocycles. The Morgan fingerprint density at radius 2 is 1.72 bits per heavy atom. The van der Waals surface area contributed by atoms with Crippen LogP contribution in [0, 0.1) is 0 Å². The highest BCUT2D eigenvalue weighted by Crippen LogP contribution is 2.29. The van der Waals surface area contributed by atoms with Gasteiger partial charge in [-0.3, -0.25) is 4.79 Å². The van der Waals surface area contributed by atoms with Crippen LogP contribution in [-0.2, 0) is 0 Å². The van der Waals surface area contributed by atoms with Crippen LogP contribution in [0.15, 0.2) is 54.9 Å². The minimum absolute atomic E-state index is 0.190. The Morgan fingerprint density at radius 3 is 2.31 bits per heavy atom. The van der Waals surface area contributed by atoms with Gasteiger partial charge in [-0.2, -0.15) is 0 Å². The number of carbonyl (C=O) groups is 1. The van der Waals surface area contributed by atoms with E-state index < -0.39 is 5.91 Å². The molecule has 0 radical (unpaired) electrons. The second kappa shape index (κ2) is 9.05. The number of aromatic nitrogens is 2. The number of carbonyl (C=O) groups excluding carboxylic acids is 1. The maximum Gasteiger partial charge on any atom is 0.275 e. The van der Waals surface area contributed by atoms with Gasteiger partial charge in [0.2, 0.25) is 0 Å². The third-order valence-corrected chi connectivity index (χ3v) is 4.39. The van der Waals surface area contributed by atoms with Gasteiger partial charge in [0.05, 0.1) is 32.3 Å². The van der Waals surface area contributed by atoms with Gasteiger partial charge in [-0.1, -0.05) is 26.0 Å². The predicted octanol–water partition coefficient (Wildman–Crippen LogP) is 4.61. The van der Waals surface area contributed by atoms with Crippen LogP contribution in [0.25, 0.3) is 0 Å². The number of rotatable bonds is 7. The molecule has 3 aromatic rings. The summed E-state index contributed by atoms with van der Waals surface area (Å²) in [5, 5.41) is 5.95. The van der Waals surface area contributed by atoms with Crippen LogP contribution in [0.3, 0.4) is 0 Å². The van der Waals surface area contributed by atoms with Crippen molar-refractivity contribution in [1.82, 2.24) is 9.97 Å². The van der Waals surface area contributed by atoms with Crippen molar-refractivity contribution in [3.63, 3.8) is 0 Å². The quantitative estimate of drug-likeness (QED) is 0.611. The van der Waals surface area contributed by atoms with E-state index in [4.69, 9.17) is 9.47 Å². The molecule has 1 amide bonds. The second-order valence-corrected chi connectivity index (χ2v) is 6.71. The lowest BCUT2D eigenvalue weighted by molar-refractivity contribution is 0.102. The Kier molecular flexibility index (Phi) is 6.29. The average molecular weight is 392 g/mol. The Balaban J connectivity index is 1.69. The van der Waals surface area contributed by atoms with Crippen LogP contribution in [-0.4, -0.2) is 30.1 Å². The molecule has 3 rings (SSSR count). The summed E-state index contributed by atoms with van der Waals surface area (Å²) in [5.74, 6) is 1.77. The molecule has 0 fully saturated rings. The summed E-state index contributed by atoms with van der Waals surface area (Å²) in [4.78, 5) is 21.0. The maximum absolute atomic E-state index is 12.5. The van der Waals surface area contributed by atoms with Crippen molar-refractivity contribution in [3.8, 4) is 11.5 Å². The van der Waals surface area contributed by atoms with Crippen LogP contribution in [0.4, 0.5) is 17.2 Å². The SMILES string of the molecule is COc1ccc(OC)c(NC(=O)c2cnc(Nc3ccc(C(C)C)cc3)cn2)c1. The first-order valence-corrected chi connectivity index (χ1v) is 9.22. The van der Waals surface area contributed by atoms with Crippen molar-refractivity contribution >= 4 is 23.1 Å². The standard InChI is InChI=1S/C22H24N4O3/c1-14(2)15-5-7-16(8-6-15)25-21-13-23-19(12-24-21)22(27)26-18-11-17(28-3)9-10-20(18)29-4/h5-14H,1-4H3,(H,24,25)(H,26,27). The maximum atomic E-state index is 12.5. The van der Waals surface area contributed by atoms with Gasteiger partial charge < -0.3 is 20.1 Å². The molecule has 0 aliphatic carbocycles. The summed E-state index contributed by atoms with van der Waals surface area (Å²) < 4.78 is 10.5. The largest absolute Gasteiger partial charge is 0.497 e. The second-order valence-electron chi connectivity index (χ2n) is 6.71. The molecule has 150 valence electrons. The zero-order chi connectivity index (χ0) is 20.8. The number of hydrogen-bond acceptors (Lipinski definition) is 6. The lowest BCUT2D eigenvalue weighted by Crippen LogP contribution is -2.15. The molecule has 0 aliphatic heterocycles. The third kappa shape index (κ3) is 5.01. The van der Waals surface area contributed by atoms with E-state index in [-0.39, 0.29) is 5.69 Å². The molecule has 0 atom stereocenters. The zero-order valence-electron chi connectivity index (χ0n) is 16.9. The predicted molar refractivity (Wildman–Crippen MR) is 113 cm³/mol. The minimum atomic E-state index is -0.392. The molecule has 2 aromatic carbocycles.